The maximum atomic E-state index is 9.19. The van der Waals surface area contributed by atoms with Gasteiger partial charge in [0, 0.05) is 12.6 Å². The smallest absolute Gasteiger partial charge is 0.122 e. The molecule has 1 aromatic carbocycles. The lowest BCUT2D eigenvalue weighted by molar-refractivity contribution is 0.210. The highest BCUT2D eigenvalue weighted by Crippen LogP contribution is 2.31. The highest BCUT2D eigenvalue weighted by atomic mass is 16.5. The Morgan fingerprint density at radius 3 is 2.39 bits per heavy atom. The van der Waals surface area contributed by atoms with Crippen LogP contribution in [0.3, 0.4) is 0 Å². The second kappa shape index (κ2) is 6.76. The molecule has 0 aromatic heterocycles. The number of aliphatic hydroxyl groups is 1. The summed E-state index contributed by atoms with van der Waals surface area (Å²) in [7, 11) is 4.09. The number of ether oxygens (including phenoxy) is 1. The molecule has 0 aliphatic carbocycles. The van der Waals surface area contributed by atoms with E-state index in [1.54, 1.807) is 0 Å². The fourth-order valence-corrected chi connectivity index (χ4v) is 2.30. The monoisotopic (exact) mass is 251 g/mol. The molecular formula is C15H25NO2. The Labute approximate surface area is 110 Å². The Morgan fingerprint density at radius 2 is 1.89 bits per heavy atom. The molecule has 3 heteroatoms. The zero-order valence-corrected chi connectivity index (χ0v) is 12.2. The van der Waals surface area contributed by atoms with Gasteiger partial charge in [-0.05, 0) is 64.0 Å². The third-order valence-electron chi connectivity index (χ3n) is 3.46. The van der Waals surface area contributed by atoms with Crippen molar-refractivity contribution in [2.45, 2.75) is 33.2 Å². The first-order chi connectivity index (χ1) is 8.52. The van der Waals surface area contributed by atoms with Crippen molar-refractivity contribution in [2.75, 3.05) is 27.3 Å². The molecule has 0 bridgehead atoms. The molecule has 0 saturated carbocycles. The summed E-state index contributed by atoms with van der Waals surface area (Å²) in [5, 5.41) is 9.19. The van der Waals surface area contributed by atoms with Crippen LogP contribution in [0.2, 0.25) is 0 Å². The van der Waals surface area contributed by atoms with E-state index in [4.69, 9.17) is 4.74 Å². The summed E-state index contributed by atoms with van der Waals surface area (Å²) in [5.74, 6) is 0.959. The maximum Gasteiger partial charge on any atom is 0.122 e. The van der Waals surface area contributed by atoms with Crippen molar-refractivity contribution in [3.63, 3.8) is 0 Å². The van der Waals surface area contributed by atoms with Gasteiger partial charge in [-0.2, -0.15) is 0 Å². The summed E-state index contributed by atoms with van der Waals surface area (Å²) in [5.41, 5.74) is 3.72. The van der Waals surface area contributed by atoms with Crippen LogP contribution in [0.5, 0.6) is 5.75 Å². The minimum Gasteiger partial charge on any atom is -0.494 e. The predicted molar refractivity (Wildman–Crippen MR) is 75.2 cm³/mol. The van der Waals surface area contributed by atoms with E-state index in [9.17, 15) is 5.11 Å². The largest absolute Gasteiger partial charge is 0.494 e. The lowest BCUT2D eigenvalue weighted by Crippen LogP contribution is -2.22. The molecular weight excluding hydrogens is 226 g/mol. The highest BCUT2D eigenvalue weighted by Gasteiger charge is 2.18. The number of nitrogens with zero attached hydrogens (tertiary/aromatic N) is 1. The predicted octanol–water partition coefficient (Wildman–Crippen LogP) is 2.69. The topological polar surface area (TPSA) is 32.7 Å². The van der Waals surface area contributed by atoms with Gasteiger partial charge in [-0.3, -0.25) is 0 Å². The maximum absolute atomic E-state index is 9.19. The lowest BCUT2D eigenvalue weighted by atomic mass is 9.94. The van der Waals surface area contributed by atoms with Crippen LogP contribution in [0.4, 0.5) is 0 Å². The molecule has 1 atom stereocenters. The Hall–Kier alpha value is -1.06. The van der Waals surface area contributed by atoms with Crippen LogP contribution in [-0.4, -0.2) is 37.3 Å². The molecule has 1 rings (SSSR count). The average molecular weight is 251 g/mol. The van der Waals surface area contributed by atoms with Gasteiger partial charge < -0.3 is 14.7 Å². The van der Waals surface area contributed by atoms with Crippen LogP contribution in [0.1, 0.15) is 36.1 Å². The van der Waals surface area contributed by atoms with Gasteiger partial charge in [0.05, 0.1) is 6.61 Å². The van der Waals surface area contributed by atoms with Gasteiger partial charge in [0.15, 0.2) is 0 Å². The third-order valence-corrected chi connectivity index (χ3v) is 3.46. The zero-order valence-electron chi connectivity index (χ0n) is 12.2. The van der Waals surface area contributed by atoms with E-state index < -0.39 is 0 Å². The van der Waals surface area contributed by atoms with Crippen LogP contribution >= 0.6 is 0 Å². The van der Waals surface area contributed by atoms with E-state index in [2.05, 4.69) is 24.8 Å². The van der Waals surface area contributed by atoms with E-state index in [0.717, 1.165) is 12.2 Å². The summed E-state index contributed by atoms with van der Waals surface area (Å²) in [6.07, 6.45) is 0.751. The molecule has 0 radical (unpaired) electrons. The van der Waals surface area contributed by atoms with Crippen LogP contribution in [0.25, 0.3) is 0 Å². The van der Waals surface area contributed by atoms with Crippen molar-refractivity contribution in [1.82, 2.24) is 4.90 Å². The quantitative estimate of drug-likeness (QED) is 0.843. The first kappa shape index (κ1) is 15.0. The summed E-state index contributed by atoms with van der Waals surface area (Å²) >= 11 is 0. The number of aliphatic hydroxyl groups excluding tert-OH is 1. The Kier molecular flexibility index (Phi) is 5.63. The highest BCUT2D eigenvalue weighted by molar-refractivity contribution is 5.44. The second-order valence-corrected chi connectivity index (χ2v) is 4.83. The van der Waals surface area contributed by atoms with E-state index in [1.165, 1.54) is 16.7 Å². The zero-order chi connectivity index (χ0) is 13.7. The first-order valence-electron chi connectivity index (χ1n) is 6.53. The van der Waals surface area contributed by atoms with Crippen LogP contribution in [0, 0.1) is 13.8 Å². The number of benzene rings is 1. The van der Waals surface area contributed by atoms with Crippen molar-refractivity contribution in [3.8, 4) is 5.75 Å². The average Bonchev–Trinajstić information content (AvgIpc) is 2.33. The van der Waals surface area contributed by atoms with E-state index in [1.807, 2.05) is 27.1 Å². The fourth-order valence-electron chi connectivity index (χ4n) is 2.30. The van der Waals surface area contributed by atoms with Crippen LogP contribution in [0.15, 0.2) is 12.1 Å². The van der Waals surface area contributed by atoms with Crippen molar-refractivity contribution in [3.05, 3.63) is 28.8 Å². The molecule has 102 valence electrons. The summed E-state index contributed by atoms with van der Waals surface area (Å²) in [4.78, 5) is 2.15. The molecule has 0 spiro atoms. The number of hydrogen-bond donors (Lipinski definition) is 1. The normalized spacial score (nSPS) is 12.8. The standard InChI is InChI=1S/C15H25NO2/c1-6-18-15-8-7-13(11(2)12(15)3)14(9-10-17)16(4)5/h7-8,14,17H,6,9-10H2,1-5H3. The summed E-state index contributed by atoms with van der Waals surface area (Å²) in [6.45, 7) is 7.11. The summed E-state index contributed by atoms with van der Waals surface area (Å²) in [6, 6.07) is 4.41. The molecule has 0 fully saturated rings. The Bertz CT molecular complexity index is 388. The molecule has 3 nitrogen and oxygen atoms in total. The first-order valence-corrected chi connectivity index (χ1v) is 6.53. The van der Waals surface area contributed by atoms with E-state index in [0.29, 0.717) is 6.61 Å². The number of rotatable bonds is 6. The van der Waals surface area contributed by atoms with Crippen molar-refractivity contribution in [2.24, 2.45) is 0 Å². The van der Waals surface area contributed by atoms with Crippen molar-refractivity contribution in [1.29, 1.82) is 0 Å². The molecule has 0 heterocycles. The van der Waals surface area contributed by atoms with Crippen LogP contribution in [-0.2, 0) is 0 Å². The lowest BCUT2D eigenvalue weighted by Gasteiger charge is -2.27. The minimum absolute atomic E-state index is 0.203. The van der Waals surface area contributed by atoms with Gasteiger partial charge in [0.2, 0.25) is 0 Å². The molecule has 0 aliphatic heterocycles. The summed E-state index contributed by atoms with van der Waals surface area (Å²) < 4.78 is 5.61. The van der Waals surface area contributed by atoms with E-state index >= 15 is 0 Å². The van der Waals surface area contributed by atoms with Gasteiger partial charge in [-0.1, -0.05) is 6.07 Å². The molecule has 0 saturated heterocycles. The Balaban J connectivity index is 3.12. The fraction of sp³-hybridized carbons (Fsp3) is 0.600. The van der Waals surface area contributed by atoms with Crippen molar-refractivity contribution < 1.29 is 9.84 Å². The molecule has 0 amide bonds. The second-order valence-electron chi connectivity index (χ2n) is 4.83. The van der Waals surface area contributed by atoms with Crippen molar-refractivity contribution >= 4 is 0 Å². The molecule has 0 aliphatic rings. The molecule has 1 aromatic rings. The van der Waals surface area contributed by atoms with Gasteiger partial charge in [-0.25, -0.2) is 0 Å². The third kappa shape index (κ3) is 3.24. The SMILES string of the molecule is CCOc1ccc(C(CCO)N(C)C)c(C)c1C. The molecule has 1 N–H and O–H groups in total. The van der Waals surface area contributed by atoms with Gasteiger partial charge in [0.1, 0.15) is 5.75 Å². The number of hydrogen-bond acceptors (Lipinski definition) is 3. The Morgan fingerprint density at radius 1 is 1.22 bits per heavy atom. The molecule has 1 unspecified atom stereocenters. The van der Waals surface area contributed by atoms with Gasteiger partial charge in [-0.15, -0.1) is 0 Å². The van der Waals surface area contributed by atoms with Gasteiger partial charge in [0.25, 0.3) is 0 Å². The van der Waals surface area contributed by atoms with Gasteiger partial charge >= 0.3 is 0 Å². The molecule has 18 heavy (non-hydrogen) atoms. The van der Waals surface area contributed by atoms with E-state index in [-0.39, 0.29) is 12.6 Å². The minimum atomic E-state index is 0.203. The van der Waals surface area contributed by atoms with Crippen LogP contribution < -0.4 is 4.74 Å².